The molecule has 4 heteroatoms. The second-order valence-corrected chi connectivity index (χ2v) is 6.32. The SMILES string of the molecule is CC1CN(C(=O)CCCc2ccc(Cl)cc2)c2ccccc2O1. The van der Waals surface area contributed by atoms with Crippen LogP contribution >= 0.6 is 11.6 Å². The number of anilines is 1. The maximum absolute atomic E-state index is 12.6. The maximum atomic E-state index is 12.6. The molecule has 3 rings (SSSR count). The van der Waals surface area contributed by atoms with Crippen molar-refractivity contribution in [2.75, 3.05) is 11.4 Å². The van der Waals surface area contributed by atoms with E-state index in [1.165, 1.54) is 5.56 Å². The van der Waals surface area contributed by atoms with Crippen LogP contribution in [0.3, 0.4) is 0 Å². The van der Waals surface area contributed by atoms with Gasteiger partial charge in [0.15, 0.2) is 0 Å². The highest BCUT2D eigenvalue weighted by Crippen LogP contribution is 2.33. The van der Waals surface area contributed by atoms with Gasteiger partial charge in [0, 0.05) is 11.4 Å². The lowest BCUT2D eigenvalue weighted by atomic mass is 10.1. The largest absolute Gasteiger partial charge is 0.487 e. The van der Waals surface area contributed by atoms with E-state index in [0.717, 1.165) is 29.3 Å². The molecule has 2 aromatic rings. The maximum Gasteiger partial charge on any atom is 0.227 e. The van der Waals surface area contributed by atoms with Crippen LogP contribution in [-0.2, 0) is 11.2 Å². The summed E-state index contributed by atoms with van der Waals surface area (Å²) in [5, 5.41) is 0.740. The van der Waals surface area contributed by atoms with Gasteiger partial charge in [-0.15, -0.1) is 0 Å². The molecule has 0 spiro atoms. The van der Waals surface area contributed by atoms with Crippen molar-refractivity contribution in [1.29, 1.82) is 0 Å². The summed E-state index contributed by atoms with van der Waals surface area (Å²) in [6.07, 6.45) is 2.26. The van der Waals surface area contributed by atoms with Gasteiger partial charge in [-0.3, -0.25) is 4.79 Å². The summed E-state index contributed by atoms with van der Waals surface area (Å²) >= 11 is 5.89. The first-order chi connectivity index (χ1) is 11.1. The Morgan fingerprint density at radius 3 is 2.74 bits per heavy atom. The number of nitrogens with zero attached hydrogens (tertiary/aromatic N) is 1. The number of carbonyl (C=O) groups is 1. The van der Waals surface area contributed by atoms with E-state index in [0.29, 0.717) is 13.0 Å². The summed E-state index contributed by atoms with van der Waals surface area (Å²) in [4.78, 5) is 14.5. The normalized spacial score (nSPS) is 16.6. The average Bonchev–Trinajstić information content (AvgIpc) is 2.55. The fraction of sp³-hybridized carbons (Fsp3) is 0.316. The number of para-hydroxylation sites is 2. The topological polar surface area (TPSA) is 29.5 Å². The lowest BCUT2D eigenvalue weighted by molar-refractivity contribution is -0.119. The molecule has 23 heavy (non-hydrogen) atoms. The van der Waals surface area contributed by atoms with Gasteiger partial charge in [-0.05, 0) is 49.6 Å². The first kappa shape index (κ1) is 15.9. The van der Waals surface area contributed by atoms with Gasteiger partial charge < -0.3 is 9.64 Å². The Kier molecular flexibility index (Phi) is 4.87. The molecule has 0 bridgehead atoms. The molecule has 2 aromatic carbocycles. The summed E-state index contributed by atoms with van der Waals surface area (Å²) in [7, 11) is 0. The molecule has 0 fully saturated rings. The Bertz CT molecular complexity index is 684. The first-order valence-corrected chi connectivity index (χ1v) is 8.32. The number of ether oxygens (including phenoxy) is 1. The van der Waals surface area contributed by atoms with Crippen LogP contribution in [0.1, 0.15) is 25.3 Å². The minimum absolute atomic E-state index is 0.0186. The third kappa shape index (κ3) is 3.85. The van der Waals surface area contributed by atoms with Gasteiger partial charge in [0.25, 0.3) is 0 Å². The molecule has 1 aliphatic rings. The Labute approximate surface area is 141 Å². The minimum atomic E-state index is 0.0186. The van der Waals surface area contributed by atoms with Crippen LogP contribution in [-0.4, -0.2) is 18.6 Å². The fourth-order valence-corrected chi connectivity index (χ4v) is 2.98. The predicted molar refractivity (Wildman–Crippen MR) is 93.3 cm³/mol. The summed E-state index contributed by atoms with van der Waals surface area (Å²) in [6.45, 7) is 2.60. The quantitative estimate of drug-likeness (QED) is 0.827. The first-order valence-electron chi connectivity index (χ1n) is 7.94. The molecular weight excluding hydrogens is 310 g/mol. The second-order valence-electron chi connectivity index (χ2n) is 5.88. The van der Waals surface area contributed by atoms with Crippen molar-refractivity contribution >= 4 is 23.2 Å². The van der Waals surface area contributed by atoms with Crippen LogP contribution in [0, 0.1) is 0 Å². The lowest BCUT2D eigenvalue weighted by Gasteiger charge is -2.33. The highest BCUT2D eigenvalue weighted by molar-refractivity contribution is 6.30. The van der Waals surface area contributed by atoms with Crippen LogP contribution in [0.25, 0.3) is 0 Å². The van der Waals surface area contributed by atoms with Crippen LogP contribution in [0.15, 0.2) is 48.5 Å². The Morgan fingerprint density at radius 1 is 1.22 bits per heavy atom. The molecule has 1 aliphatic heterocycles. The molecule has 0 radical (unpaired) electrons. The lowest BCUT2D eigenvalue weighted by Crippen LogP contribution is -2.42. The molecule has 0 saturated carbocycles. The molecule has 1 amide bonds. The molecule has 120 valence electrons. The zero-order valence-electron chi connectivity index (χ0n) is 13.2. The average molecular weight is 330 g/mol. The van der Waals surface area contributed by atoms with E-state index in [4.69, 9.17) is 16.3 Å². The molecule has 1 heterocycles. The number of carbonyl (C=O) groups excluding carboxylic acids is 1. The van der Waals surface area contributed by atoms with Gasteiger partial charge in [-0.1, -0.05) is 35.9 Å². The smallest absolute Gasteiger partial charge is 0.227 e. The van der Waals surface area contributed by atoms with Crippen LogP contribution in [0.5, 0.6) is 5.75 Å². The van der Waals surface area contributed by atoms with Gasteiger partial charge in [0.05, 0.1) is 12.2 Å². The number of benzene rings is 2. The van der Waals surface area contributed by atoms with E-state index in [-0.39, 0.29) is 12.0 Å². The molecular formula is C19H20ClNO2. The van der Waals surface area contributed by atoms with E-state index in [1.807, 2.05) is 60.4 Å². The van der Waals surface area contributed by atoms with Crippen molar-refractivity contribution in [2.45, 2.75) is 32.3 Å². The molecule has 1 unspecified atom stereocenters. The molecule has 0 aromatic heterocycles. The minimum Gasteiger partial charge on any atom is -0.487 e. The fourth-order valence-electron chi connectivity index (χ4n) is 2.86. The number of hydrogen-bond donors (Lipinski definition) is 0. The highest BCUT2D eigenvalue weighted by atomic mass is 35.5. The summed E-state index contributed by atoms with van der Waals surface area (Å²) in [6, 6.07) is 15.5. The van der Waals surface area contributed by atoms with E-state index in [9.17, 15) is 4.79 Å². The van der Waals surface area contributed by atoms with Crippen molar-refractivity contribution in [1.82, 2.24) is 0 Å². The van der Waals surface area contributed by atoms with Crippen LogP contribution in [0.2, 0.25) is 5.02 Å². The van der Waals surface area contributed by atoms with Crippen molar-refractivity contribution in [2.24, 2.45) is 0 Å². The molecule has 3 nitrogen and oxygen atoms in total. The summed E-state index contributed by atoms with van der Waals surface area (Å²) < 4.78 is 5.79. The number of rotatable bonds is 4. The molecule has 0 aliphatic carbocycles. The number of amides is 1. The van der Waals surface area contributed by atoms with Crippen LogP contribution in [0.4, 0.5) is 5.69 Å². The summed E-state index contributed by atoms with van der Waals surface area (Å²) in [5.41, 5.74) is 2.08. The van der Waals surface area contributed by atoms with E-state index < -0.39 is 0 Å². The zero-order valence-corrected chi connectivity index (χ0v) is 13.9. The van der Waals surface area contributed by atoms with Crippen LogP contribution < -0.4 is 9.64 Å². The molecule has 0 N–H and O–H groups in total. The number of fused-ring (bicyclic) bond motifs is 1. The number of halogens is 1. The van der Waals surface area contributed by atoms with Gasteiger partial charge in [0.2, 0.25) is 5.91 Å². The van der Waals surface area contributed by atoms with Gasteiger partial charge in [0.1, 0.15) is 11.9 Å². The van der Waals surface area contributed by atoms with E-state index in [1.54, 1.807) is 0 Å². The van der Waals surface area contributed by atoms with Gasteiger partial charge in [-0.2, -0.15) is 0 Å². The van der Waals surface area contributed by atoms with Gasteiger partial charge >= 0.3 is 0 Å². The standard InChI is InChI=1S/C19H20ClNO2/c1-14-13-21(17-6-2-3-7-18(17)23-14)19(22)8-4-5-15-9-11-16(20)12-10-15/h2-3,6-7,9-12,14H,4-5,8,13H2,1H3. The van der Waals surface area contributed by atoms with Gasteiger partial charge in [-0.25, -0.2) is 0 Å². The monoisotopic (exact) mass is 329 g/mol. The predicted octanol–water partition coefficient (Wildman–Crippen LogP) is 4.48. The highest BCUT2D eigenvalue weighted by Gasteiger charge is 2.26. The molecule has 1 atom stereocenters. The van der Waals surface area contributed by atoms with Crippen molar-refractivity contribution in [3.05, 3.63) is 59.1 Å². The van der Waals surface area contributed by atoms with Crippen molar-refractivity contribution in [3.63, 3.8) is 0 Å². The third-order valence-electron chi connectivity index (χ3n) is 3.99. The van der Waals surface area contributed by atoms with E-state index >= 15 is 0 Å². The van der Waals surface area contributed by atoms with E-state index in [2.05, 4.69) is 0 Å². The Balaban J connectivity index is 1.61. The molecule has 0 saturated heterocycles. The van der Waals surface area contributed by atoms with Crippen molar-refractivity contribution < 1.29 is 9.53 Å². The van der Waals surface area contributed by atoms with Crippen molar-refractivity contribution in [3.8, 4) is 5.75 Å². The zero-order chi connectivity index (χ0) is 16.2. The Hall–Kier alpha value is -2.00. The number of hydrogen-bond acceptors (Lipinski definition) is 2. The summed E-state index contributed by atoms with van der Waals surface area (Å²) in [5.74, 6) is 0.943. The number of aryl methyl sites for hydroxylation is 1. The third-order valence-corrected chi connectivity index (χ3v) is 4.25. The Morgan fingerprint density at radius 2 is 1.96 bits per heavy atom. The second kappa shape index (κ2) is 7.05.